The highest BCUT2D eigenvalue weighted by molar-refractivity contribution is 6.32. The van der Waals surface area contributed by atoms with Crippen LogP contribution in [0.1, 0.15) is 35.5 Å². The minimum atomic E-state index is -0.276. The number of aromatic nitrogens is 5. The molecule has 0 fully saturated rings. The predicted molar refractivity (Wildman–Crippen MR) is 126 cm³/mol. The molecule has 0 aliphatic heterocycles. The lowest BCUT2D eigenvalue weighted by molar-refractivity contribution is 0.402. The molecule has 1 atom stereocenters. The number of nitrogens with zero attached hydrogens (tertiary/aromatic N) is 5. The number of ether oxygens (including phenoxy) is 1. The number of nitrogens with two attached hydrogens (primary N) is 1. The molecule has 0 aliphatic carbocycles. The summed E-state index contributed by atoms with van der Waals surface area (Å²) >= 11 is 6.67. The van der Waals surface area contributed by atoms with Crippen molar-refractivity contribution in [2.75, 3.05) is 12.8 Å². The largest absolute Gasteiger partial charge is 0.506 e. The monoisotopic (exact) mass is 450 g/mol. The Labute approximate surface area is 190 Å². The van der Waals surface area contributed by atoms with Gasteiger partial charge in [-0.15, -0.1) is 0 Å². The Hall–Kier alpha value is -3.65. The normalized spacial score (nSPS) is 12.2. The van der Waals surface area contributed by atoms with Crippen LogP contribution < -0.4 is 10.5 Å². The Morgan fingerprint density at radius 1 is 1.25 bits per heavy atom. The first-order chi connectivity index (χ1) is 15.2. The van der Waals surface area contributed by atoms with E-state index in [1.807, 2.05) is 32.9 Å². The van der Waals surface area contributed by atoms with Crippen LogP contribution in [0.15, 0.2) is 37.3 Å². The van der Waals surface area contributed by atoms with Gasteiger partial charge in [0.2, 0.25) is 0 Å². The Morgan fingerprint density at radius 3 is 2.69 bits per heavy atom. The van der Waals surface area contributed by atoms with Crippen molar-refractivity contribution >= 4 is 34.2 Å². The quantitative estimate of drug-likeness (QED) is 0.416. The predicted octanol–water partition coefficient (Wildman–Crippen LogP) is 4.89. The average Bonchev–Trinajstić information content (AvgIpc) is 3.12. The molecule has 9 heteroatoms. The summed E-state index contributed by atoms with van der Waals surface area (Å²) < 4.78 is 7.68. The van der Waals surface area contributed by atoms with Gasteiger partial charge in [-0.05, 0) is 50.1 Å². The molecule has 0 saturated carbocycles. The first kappa shape index (κ1) is 21.6. The fourth-order valence-electron chi connectivity index (χ4n) is 3.94. The third-order valence-corrected chi connectivity index (χ3v) is 5.96. The van der Waals surface area contributed by atoms with Gasteiger partial charge >= 0.3 is 0 Å². The third-order valence-electron chi connectivity index (χ3n) is 5.56. The highest BCUT2D eigenvalue weighted by Gasteiger charge is 2.25. The summed E-state index contributed by atoms with van der Waals surface area (Å²) in [6.07, 6.45) is 3.03. The van der Waals surface area contributed by atoms with Gasteiger partial charge in [-0.25, -0.2) is 14.6 Å². The molecule has 4 rings (SSSR count). The highest BCUT2D eigenvalue weighted by atomic mass is 35.5. The van der Waals surface area contributed by atoms with Gasteiger partial charge in [0.1, 0.15) is 29.3 Å². The number of aryl methyl sites for hydroxylation is 1. The number of aliphatic hydroxyl groups excluding tert-OH is 1. The molecule has 1 unspecified atom stereocenters. The first-order valence-electron chi connectivity index (χ1n) is 9.91. The molecule has 0 radical (unpaired) electrons. The van der Waals surface area contributed by atoms with E-state index in [0.717, 1.165) is 33.3 Å². The lowest BCUT2D eigenvalue weighted by Crippen LogP contribution is -2.12. The number of aliphatic hydroxyl groups is 1. The number of hydrogen-bond donors (Lipinski definition) is 2. The van der Waals surface area contributed by atoms with Crippen LogP contribution >= 0.6 is 11.6 Å². The molecular formula is C23H23ClN6O2. The summed E-state index contributed by atoms with van der Waals surface area (Å²) in [5.74, 6) is 0.910. The van der Waals surface area contributed by atoms with Crippen molar-refractivity contribution < 1.29 is 9.84 Å². The van der Waals surface area contributed by atoms with E-state index in [-0.39, 0.29) is 11.8 Å². The van der Waals surface area contributed by atoms with Gasteiger partial charge in [0, 0.05) is 22.3 Å². The second-order valence-electron chi connectivity index (χ2n) is 7.52. The summed E-state index contributed by atoms with van der Waals surface area (Å²) in [7, 11) is 1.61. The van der Waals surface area contributed by atoms with Crippen LogP contribution in [0.3, 0.4) is 0 Å². The number of rotatable bonds is 5. The number of benzene rings is 1. The molecule has 3 heterocycles. The van der Waals surface area contributed by atoms with E-state index in [1.165, 1.54) is 6.33 Å². The summed E-state index contributed by atoms with van der Waals surface area (Å²) in [6.45, 7) is 9.35. The van der Waals surface area contributed by atoms with E-state index >= 15 is 0 Å². The van der Waals surface area contributed by atoms with Gasteiger partial charge in [-0.2, -0.15) is 5.10 Å². The number of pyridine rings is 1. The van der Waals surface area contributed by atoms with Crippen LogP contribution in [0.2, 0.25) is 5.02 Å². The molecule has 0 aliphatic rings. The summed E-state index contributed by atoms with van der Waals surface area (Å²) in [5, 5.41) is 15.8. The molecule has 3 aromatic heterocycles. The van der Waals surface area contributed by atoms with Gasteiger partial charge in [-0.3, -0.25) is 4.98 Å². The summed E-state index contributed by atoms with van der Waals surface area (Å²) in [5.41, 5.74) is 11.1. The van der Waals surface area contributed by atoms with E-state index in [0.29, 0.717) is 27.9 Å². The number of anilines is 1. The van der Waals surface area contributed by atoms with Crippen LogP contribution in [-0.2, 0) is 0 Å². The third kappa shape index (κ3) is 3.42. The van der Waals surface area contributed by atoms with Crippen LogP contribution in [0.5, 0.6) is 5.75 Å². The van der Waals surface area contributed by atoms with Gasteiger partial charge in [0.05, 0.1) is 24.2 Å². The molecule has 164 valence electrons. The van der Waals surface area contributed by atoms with E-state index in [1.54, 1.807) is 24.1 Å². The first-order valence-corrected chi connectivity index (χ1v) is 10.3. The molecule has 32 heavy (non-hydrogen) atoms. The van der Waals surface area contributed by atoms with Gasteiger partial charge < -0.3 is 15.6 Å². The van der Waals surface area contributed by atoms with Crippen molar-refractivity contribution in [2.24, 2.45) is 0 Å². The summed E-state index contributed by atoms with van der Waals surface area (Å²) in [4.78, 5) is 12.6. The molecule has 1 aromatic carbocycles. The number of fused-ring (bicyclic) bond motifs is 1. The fraction of sp³-hybridized carbons (Fsp3) is 0.217. The Balaban J connectivity index is 1.96. The average molecular weight is 451 g/mol. The maximum Gasteiger partial charge on any atom is 0.164 e. The van der Waals surface area contributed by atoms with Gasteiger partial charge in [-0.1, -0.05) is 18.2 Å². The Bertz CT molecular complexity index is 1360. The molecule has 3 N–H and O–H groups in total. The Kier molecular flexibility index (Phi) is 5.48. The Morgan fingerprint density at radius 2 is 2.00 bits per heavy atom. The SMILES string of the molecule is C=C(O)c1cc(-c2c(C)c(Cl)cc(C(C)n3nc(C)c4c(N)ncnc43)c2OC)ccn1. The second kappa shape index (κ2) is 8.12. The molecule has 0 amide bonds. The molecule has 0 bridgehead atoms. The zero-order valence-corrected chi connectivity index (χ0v) is 19.0. The van der Waals surface area contributed by atoms with Crippen molar-refractivity contribution in [3.8, 4) is 16.9 Å². The van der Waals surface area contributed by atoms with Crippen molar-refractivity contribution in [2.45, 2.75) is 26.8 Å². The number of halogens is 1. The molecular weight excluding hydrogens is 428 g/mol. The molecule has 0 saturated heterocycles. The van der Waals surface area contributed by atoms with Crippen LogP contribution in [0.25, 0.3) is 27.9 Å². The molecule has 4 aromatic rings. The van der Waals surface area contributed by atoms with Gasteiger partial charge in [0.25, 0.3) is 0 Å². The minimum absolute atomic E-state index is 0.116. The number of hydrogen-bond acceptors (Lipinski definition) is 7. The standard InChI is InChI=1S/C23H23ClN6O2/c1-11-17(24)9-16(13(3)30-23-20(12(2)29-30)22(25)27-10-28-23)21(32-5)19(11)15-6-7-26-18(8-15)14(4)31/h6-10,13,31H,4H2,1-3,5H3,(H2,25,27,28). The maximum atomic E-state index is 9.81. The molecule has 0 spiro atoms. The zero-order chi connectivity index (χ0) is 23.2. The van der Waals surface area contributed by atoms with Crippen LogP contribution in [-0.4, -0.2) is 36.9 Å². The van der Waals surface area contributed by atoms with Crippen molar-refractivity contribution in [1.82, 2.24) is 24.7 Å². The summed E-state index contributed by atoms with van der Waals surface area (Å²) in [6, 6.07) is 5.19. The number of methoxy groups -OCH3 is 1. The van der Waals surface area contributed by atoms with E-state index in [2.05, 4.69) is 26.6 Å². The van der Waals surface area contributed by atoms with Crippen molar-refractivity contribution in [3.63, 3.8) is 0 Å². The smallest absolute Gasteiger partial charge is 0.164 e. The van der Waals surface area contributed by atoms with E-state index in [4.69, 9.17) is 22.1 Å². The second-order valence-corrected chi connectivity index (χ2v) is 7.93. The van der Waals surface area contributed by atoms with Crippen LogP contribution in [0, 0.1) is 13.8 Å². The van der Waals surface area contributed by atoms with Crippen molar-refractivity contribution in [3.05, 3.63) is 64.8 Å². The topological polar surface area (TPSA) is 112 Å². The number of nitrogen functional groups attached to an aromatic ring is 1. The highest BCUT2D eigenvalue weighted by Crippen LogP contribution is 2.43. The zero-order valence-electron chi connectivity index (χ0n) is 18.2. The minimum Gasteiger partial charge on any atom is -0.506 e. The van der Waals surface area contributed by atoms with E-state index in [9.17, 15) is 5.11 Å². The fourth-order valence-corrected chi connectivity index (χ4v) is 4.15. The van der Waals surface area contributed by atoms with Gasteiger partial charge in [0.15, 0.2) is 5.65 Å². The van der Waals surface area contributed by atoms with Crippen LogP contribution in [0.4, 0.5) is 5.82 Å². The van der Waals surface area contributed by atoms with E-state index < -0.39 is 0 Å². The molecule has 8 nitrogen and oxygen atoms in total. The lowest BCUT2D eigenvalue weighted by atomic mass is 9.94. The lowest BCUT2D eigenvalue weighted by Gasteiger charge is -2.22. The van der Waals surface area contributed by atoms with Crippen molar-refractivity contribution in [1.29, 1.82) is 0 Å². The maximum absolute atomic E-state index is 9.81.